The second-order valence-electron chi connectivity index (χ2n) is 5.34. The van der Waals surface area contributed by atoms with Gasteiger partial charge < -0.3 is 20.5 Å². The van der Waals surface area contributed by atoms with Crippen molar-refractivity contribution in [1.29, 1.82) is 0 Å². The predicted molar refractivity (Wildman–Crippen MR) is 97.2 cm³/mol. The zero-order valence-corrected chi connectivity index (χ0v) is 16.6. The highest BCUT2D eigenvalue weighted by Gasteiger charge is 2.31. The highest BCUT2D eigenvalue weighted by molar-refractivity contribution is 7.90. The van der Waals surface area contributed by atoms with Crippen LogP contribution in [0.2, 0.25) is 0 Å². The Morgan fingerprint density at radius 1 is 1.26 bits per heavy atom. The molecule has 1 rings (SSSR count). The van der Waals surface area contributed by atoms with Crippen LogP contribution in [0.5, 0.6) is 0 Å². The van der Waals surface area contributed by atoms with Gasteiger partial charge in [0.1, 0.15) is 13.3 Å². The van der Waals surface area contributed by atoms with E-state index in [1.807, 2.05) is 0 Å². The largest absolute Gasteiger partial charge is 0.509 e. The normalized spacial score (nSPS) is 13.7. The summed E-state index contributed by atoms with van der Waals surface area (Å²) in [6.45, 7) is -1.21. The summed E-state index contributed by atoms with van der Waals surface area (Å²) >= 11 is 10.9. The van der Waals surface area contributed by atoms with Gasteiger partial charge in [-0.3, -0.25) is 4.79 Å². The average Bonchev–Trinajstić information content (AvgIpc) is 2.61. The van der Waals surface area contributed by atoms with Crippen molar-refractivity contribution in [3.8, 4) is 0 Å². The van der Waals surface area contributed by atoms with Gasteiger partial charge in [0.15, 0.2) is 20.8 Å². The molecule has 1 aromatic rings. The molecule has 0 aliphatic carbocycles. The third-order valence-electron chi connectivity index (χ3n) is 3.26. The molecule has 0 fully saturated rings. The number of alkyl halides is 3. The molecule has 1 aromatic carbocycles. The van der Waals surface area contributed by atoms with E-state index in [2.05, 4.69) is 5.32 Å². The lowest BCUT2D eigenvalue weighted by molar-refractivity contribution is -0.121. The molecule has 0 saturated heterocycles. The molecule has 27 heavy (non-hydrogen) atoms. The second-order valence-corrected chi connectivity index (χ2v) is 8.45. The molecule has 0 aliphatic heterocycles. The summed E-state index contributed by atoms with van der Waals surface area (Å²) in [6, 6.07) is 3.83. The SMILES string of the molecule is CS(=O)(=O)c1ccc(C(OC(=O)OCCN)C(CF)NC(=O)C(Cl)Cl)cc1. The number of rotatable bonds is 9. The van der Waals surface area contributed by atoms with Crippen LogP contribution in [0, 0.1) is 0 Å². The lowest BCUT2D eigenvalue weighted by Gasteiger charge is -2.26. The van der Waals surface area contributed by atoms with Crippen molar-refractivity contribution in [2.75, 3.05) is 26.1 Å². The number of carbonyl (C=O) groups is 2. The third kappa shape index (κ3) is 7.49. The Balaban J connectivity index is 3.15. The van der Waals surface area contributed by atoms with Gasteiger partial charge in [0, 0.05) is 12.8 Å². The number of amides is 1. The molecule has 1 amide bonds. The van der Waals surface area contributed by atoms with Crippen LogP contribution in [0.4, 0.5) is 9.18 Å². The van der Waals surface area contributed by atoms with Crippen molar-refractivity contribution in [3.05, 3.63) is 29.8 Å². The van der Waals surface area contributed by atoms with Gasteiger partial charge in [-0.05, 0) is 17.7 Å². The predicted octanol–water partition coefficient (Wildman–Crippen LogP) is 1.50. The lowest BCUT2D eigenvalue weighted by Crippen LogP contribution is -2.44. The highest BCUT2D eigenvalue weighted by Crippen LogP contribution is 2.25. The smallest absolute Gasteiger partial charge is 0.433 e. The van der Waals surface area contributed by atoms with E-state index in [1.54, 1.807) is 0 Å². The maximum atomic E-state index is 13.5. The van der Waals surface area contributed by atoms with Crippen molar-refractivity contribution >= 4 is 45.1 Å². The molecular formula is C15H19Cl2FN2O6S. The molecule has 0 heterocycles. The van der Waals surface area contributed by atoms with E-state index in [4.69, 9.17) is 38.4 Å². The number of nitrogens with two attached hydrogens (primary N) is 1. The quantitative estimate of drug-likeness (QED) is 0.436. The minimum absolute atomic E-state index is 0.0122. The first-order valence-corrected chi connectivity index (χ1v) is 10.3. The van der Waals surface area contributed by atoms with Gasteiger partial charge in [-0.25, -0.2) is 17.6 Å². The minimum Gasteiger partial charge on any atom is -0.433 e. The van der Waals surface area contributed by atoms with E-state index < -0.39 is 45.6 Å². The van der Waals surface area contributed by atoms with E-state index in [0.29, 0.717) is 0 Å². The van der Waals surface area contributed by atoms with Crippen molar-refractivity contribution in [2.45, 2.75) is 21.9 Å². The zero-order chi connectivity index (χ0) is 20.6. The van der Waals surface area contributed by atoms with Crippen LogP contribution < -0.4 is 11.1 Å². The molecular weight excluding hydrogens is 426 g/mol. The van der Waals surface area contributed by atoms with Crippen LogP contribution >= 0.6 is 23.2 Å². The van der Waals surface area contributed by atoms with Crippen molar-refractivity contribution in [2.24, 2.45) is 5.73 Å². The maximum Gasteiger partial charge on any atom is 0.509 e. The summed E-state index contributed by atoms with van der Waals surface area (Å²) in [4.78, 5) is 22.0. The number of carbonyl (C=O) groups excluding carboxylic acids is 2. The topological polar surface area (TPSA) is 125 Å². The Hall–Kier alpha value is -1.62. The fraction of sp³-hybridized carbons (Fsp3) is 0.467. The fourth-order valence-electron chi connectivity index (χ4n) is 2.01. The summed E-state index contributed by atoms with van der Waals surface area (Å²) in [5.41, 5.74) is 5.44. The molecule has 0 aromatic heterocycles. The second kappa shape index (κ2) is 10.6. The van der Waals surface area contributed by atoms with Crippen LogP contribution in [0.1, 0.15) is 11.7 Å². The van der Waals surface area contributed by atoms with E-state index in [0.717, 1.165) is 6.26 Å². The molecule has 0 saturated carbocycles. The number of ether oxygens (including phenoxy) is 2. The van der Waals surface area contributed by atoms with Gasteiger partial charge in [0.2, 0.25) is 0 Å². The Morgan fingerprint density at radius 3 is 2.30 bits per heavy atom. The molecule has 0 bridgehead atoms. The Labute approximate surface area is 166 Å². The molecule has 0 radical (unpaired) electrons. The van der Waals surface area contributed by atoms with Crippen LogP contribution in [-0.4, -0.2) is 57.4 Å². The van der Waals surface area contributed by atoms with Crippen molar-refractivity contribution < 1.29 is 31.9 Å². The lowest BCUT2D eigenvalue weighted by atomic mass is 10.0. The van der Waals surface area contributed by atoms with E-state index in [9.17, 15) is 22.4 Å². The summed E-state index contributed by atoms with van der Waals surface area (Å²) in [6.07, 6.45) is -1.45. The molecule has 3 N–H and O–H groups in total. The van der Waals surface area contributed by atoms with E-state index >= 15 is 0 Å². The van der Waals surface area contributed by atoms with Gasteiger partial charge in [-0.2, -0.15) is 0 Å². The first-order chi connectivity index (χ1) is 12.6. The van der Waals surface area contributed by atoms with Crippen LogP contribution in [0.25, 0.3) is 0 Å². The molecule has 8 nitrogen and oxygen atoms in total. The highest BCUT2D eigenvalue weighted by atomic mass is 35.5. The average molecular weight is 445 g/mol. The van der Waals surface area contributed by atoms with Crippen LogP contribution in [0.3, 0.4) is 0 Å². The maximum absolute atomic E-state index is 13.5. The monoisotopic (exact) mass is 444 g/mol. The first kappa shape index (κ1) is 23.4. The van der Waals surface area contributed by atoms with Crippen LogP contribution in [-0.2, 0) is 24.1 Å². The van der Waals surface area contributed by atoms with Gasteiger partial charge in [0.25, 0.3) is 5.91 Å². The molecule has 0 aliphatic rings. The number of hydrogen-bond acceptors (Lipinski definition) is 7. The molecule has 152 valence electrons. The third-order valence-corrected chi connectivity index (χ3v) is 4.78. The Bertz CT molecular complexity index is 745. The van der Waals surface area contributed by atoms with E-state index in [-0.39, 0.29) is 23.6 Å². The minimum atomic E-state index is -3.46. The van der Waals surface area contributed by atoms with Crippen molar-refractivity contribution in [3.63, 3.8) is 0 Å². The van der Waals surface area contributed by atoms with Gasteiger partial charge >= 0.3 is 6.16 Å². The number of hydrogen-bond donors (Lipinski definition) is 2. The molecule has 0 spiro atoms. The number of sulfone groups is 1. The fourth-order valence-corrected chi connectivity index (χ4v) is 2.76. The Kier molecular flexibility index (Phi) is 9.23. The summed E-state index contributed by atoms with van der Waals surface area (Å²) in [7, 11) is -3.46. The van der Waals surface area contributed by atoms with Crippen LogP contribution in [0.15, 0.2) is 29.2 Å². The zero-order valence-electron chi connectivity index (χ0n) is 14.2. The summed E-state index contributed by atoms with van der Waals surface area (Å²) in [5.74, 6) is -0.891. The van der Waals surface area contributed by atoms with E-state index in [1.165, 1.54) is 24.3 Å². The van der Waals surface area contributed by atoms with Gasteiger partial charge in [-0.15, -0.1) is 0 Å². The van der Waals surface area contributed by atoms with Gasteiger partial charge in [0.05, 0.1) is 10.9 Å². The molecule has 2 unspecified atom stereocenters. The number of benzene rings is 1. The molecule has 12 heteroatoms. The van der Waals surface area contributed by atoms with Crippen molar-refractivity contribution in [1.82, 2.24) is 5.32 Å². The Morgan fingerprint density at radius 2 is 1.85 bits per heavy atom. The number of halogens is 3. The number of nitrogens with one attached hydrogen (secondary N) is 1. The van der Waals surface area contributed by atoms with Gasteiger partial charge in [-0.1, -0.05) is 35.3 Å². The molecule has 2 atom stereocenters. The first-order valence-electron chi connectivity index (χ1n) is 7.58. The summed E-state index contributed by atoms with van der Waals surface area (Å²) in [5, 5.41) is 2.22. The standard InChI is InChI=1S/C15H19Cl2FN2O6S/c1-27(23,24)10-4-2-9(3-5-10)12(26-15(22)25-7-6-19)11(8-18)20-14(21)13(16)17/h2-5,11-13H,6-8,19H2,1H3,(H,20,21). The summed E-state index contributed by atoms with van der Waals surface area (Å²) < 4.78 is 46.4.